The van der Waals surface area contributed by atoms with E-state index in [-0.39, 0.29) is 0 Å². The van der Waals surface area contributed by atoms with Crippen molar-refractivity contribution in [3.63, 3.8) is 0 Å². The molecule has 0 N–H and O–H groups in total. The summed E-state index contributed by atoms with van der Waals surface area (Å²) in [6.45, 7) is 2.11. The monoisotopic (exact) mass is 317 g/mol. The Bertz CT molecular complexity index is 855. The second kappa shape index (κ2) is 6.60. The van der Waals surface area contributed by atoms with E-state index in [0.717, 1.165) is 22.7 Å². The Kier molecular flexibility index (Phi) is 4.16. The quantitative estimate of drug-likeness (QED) is 0.654. The summed E-state index contributed by atoms with van der Waals surface area (Å²) in [5.74, 6) is 2.59. The largest absolute Gasteiger partial charge is 0.277 e. The predicted octanol–water partition coefficient (Wildman–Crippen LogP) is 5.32. The van der Waals surface area contributed by atoms with E-state index >= 15 is 0 Å². The van der Waals surface area contributed by atoms with Crippen LogP contribution in [-0.4, -0.2) is 14.5 Å². The summed E-state index contributed by atoms with van der Waals surface area (Å²) in [6.07, 6.45) is 13.1. The van der Waals surface area contributed by atoms with Crippen molar-refractivity contribution in [2.24, 2.45) is 5.92 Å². The van der Waals surface area contributed by atoms with E-state index < -0.39 is 0 Å². The second-order valence-electron chi connectivity index (χ2n) is 6.74. The first-order valence-corrected chi connectivity index (χ1v) is 8.90. The molecule has 0 radical (unpaired) electrons. The van der Waals surface area contributed by atoms with Crippen molar-refractivity contribution in [3.05, 3.63) is 60.1 Å². The molecule has 0 atom stereocenters. The molecule has 0 saturated heterocycles. The van der Waals surface area contributed by atoms with Crippen LogP contribution in [0.5, 0.6) is 0 Å². The van der Waals surface area contributed by atoms with Gasteiger partial charge in [-0.1, -0.05) is 37.5 Å². The fraction of sp³-hybridized carbons (Fsp3) is 0.333. The maximum atomic E-state index is 4.87. The molecule has 1 aliphatic rings. The molecule has 1 saturated carbocycles. The zero-order valence-corrected chi connectivity index (χ0v) is 14.2. The van der Waals surface area contributed by atoms with Crippen molar-refractivity contribution in [2.45, 2.75) is 39.0 Å². The summed E-state index contributed by atoms with van der Waals surface area (Å²) in [7, 11) is 0. The Morgan fingerprint density at radius 3 is 2.75 bits per heavy atom. The van der Waals surface area contributed by atoms with E-state index in [4.69, 9.17) is 4.98 Å². The van der Waals surface area contributed by atoms with Gasteiger partial charge in [-0.25, -0.2) is 9.97 Å². The fourth-order valence-electron chi connectivity index (χ4n) is 3.60. The Balaban J connectivity index is 1.80. The van der Waals surface area contributed by atoms with Crippen LogP contribution in [0.1, 0.15) is 43.5 Å². The molecule has 0 unspecified atom stereocenters. The zero-order valence-electron chi connectivity index (χ0n) is 14.2. The number of pyridine rings is 1. The third kappa shape index (κ3) is 2.99. The Morgan fingerprint density at radius 2 is 1.96 bits per heavy atom. The van der Waals surface area contributed by atoms with Gasteiger partial charge >= 0.3 is 0 Å². The minimum Gasteiger partial charge on any atom is -0.277 e. The minimum atomic E-state index is 0.692. The molecule has 0 amide bonds. The number of hydrogen-bond donors (Lipinski definition) is 0. The number of imidazole rings is 1. The lowest BCUT2D eigenvalue weighted by atomic mass is 9.89. The molecular formula is C21H23N3. The number of nitrogens with zero attached hydrogens (tertiary/aromatic N) is 3. The molecule has 3 nitrogen and oxygen atoms in total. The van der Waals surface area contributed by atoms with Gasteiger partial charge in [0.15, 0.2) is 0 Å². The number of benzene rings is 1. The van der Waals surface area contributed by atoms with Crippen LogP contribution in [0.25, 0.3) is 22.9 Å². The van der Waals surface area contributed by atoms with Gasteiger partial charge in [-0.2, -0.15) is 0 Å². The van der Waals surface area contributed by atoms with Crippen molar-refractivity contribution in [3.8, 4) is 5.82 Å². The summed E-state index contributed by atoms with van der Waals surface area (Å²) < 4.78 is 2.16. The maximum absolute atomic E-state index is 4.87. The number of rotatable bonds is 3. The topological polar surface area (TPSA) is 30.7 Å². The van der Waals surface area contributed by atoms with Crippen LogP contribution in [-0.2, 0) is 0 Å². The SMILES string of the molecule is Cc1ccc2c(c1)nc(C=CC1CCCCC1)n2-c1ccccn1. The van der Waals surface area contributed by atoms with Crippen LogP contribution in [0.15, 0.2) is 48.7 Å². The molecule has 122 valence electrons. The smallest absolute Gasteiger partial charge is 0.139 e. The van der Waals surface area contributed by atoms with Gasteiger partial charge in [-0.3, -0.25) is 4.57 Å². The summed E-state index contributed by atoms with van der Waals surface area (Å²) in [4.78, 5) is 9.41. The molecule has 24 heavy (non-hydrogen) atoms. The number of fused-ring (bicyclic) bond motifs is 1. The third-order valence-corrected chi connectivity index (χ3v) is 4.88. The van der Waals surface area contributed by atoms with Gasteiger partial charge in [-0.05, 0) is 61.6 Å². The highest BCUT2D eigenvalue weighted by atomic mass is 15.1. The summed E-state index contributed by atoms with van der Waals surface area (Å²) in [6, 6.07) is 12.4. The van der Waals surface area contributed by atoms with E-state index in [9.17, 15) is 0 Å². The van der Waals surface area contributed by atoms with Crippen LogP contribution in [0.2, 0.25) is 0 Å². The molecule has 1 aromatic carbocycles. The molecule has 0 bridgehead atoms. The van der Waals surface area contributed by atoms with Gasteiger partial charge in [0.1, 0.15) is 11.6 Å². The minimum absolute atomic E-state index is 0.692. The molecule has 1 aliphatic carbocycles. The highest BCUT2D eigenvalue weighted by molar-refractivity contribution is 5.80. The molecule has 1 fully saturated rings. The van der Waals surface area contributed by atoms with Crippen molar-refractivity contribution < 1.29 is 0 Å². The van der Waals surface area contributed by atoms with E-state index in [2.05, 4.69) is 46.8 Å². The highest BCUT2D eigenvalue weighted by Crippen LogP contribution is 2.27. The van der Waals surface area contributed by atoms with Crippen LogP contribution < -0.4 is 0 Å². The van der Waals surface area contributed by atoms with Gasteiger partial charge < -0.3 is 0 Å². The van der Waals surface area contributed by atoms with Crippen LogP contribution in [0.3, 0.4) is 0 Å². The average molecular weight is 317 g/mol. The first kappa shape index (κ1) is 15.1. The molecule has 3 aromatic rings. The highest BCUT2D eigenvalue weighted by Gasteiger charge is 2.13. The second-order valence-corrected chi connectivity index (χ2v) is 6.74. The first-order chi connectivity index (χ1) is 11.8. The molecule has 0 aliphatic heterocycles. The van der Waals surface area contributed by atoms with Gasteiger partial charge in [-0.15, -0.1) is 0 Å². The van der Waals surface area contributed by atoms with Crippen LogP contribution in [0.4, 0.5) is 0 Å². The van der Waals surface area contributed by atoms with Gasteiger partial charge in [0, 0.05) is 6.20 Å². The summed E-state index contributed by atoms with van der Waals surface area (Å²) in [5, 5.41) is 0. The Morgan fingerprint density at radius 1 is 1.08 bits per heavy atom. The van der Waals surface area contributed by atoms with Gasteiger partial charge in [0.2, 0.25) is 0 Å². The first-order valence-electron chi connectivity index (χ1n) is 8.90. The molecule has 0 spiro atoms. The lowest BCUT2D eigenvalue weighted by Crippen LogP contribution is -2.03. The van der Waals surface area contributed by atoms with Crippen molar-refractivity contribution in [1.29, 1.82) is 0 Å². The van der Waals surface area contributed by atoms with Crippen molar-refractivity contribution in [1.82, 2.24) is 14.5 Å². The number of aromatic nitrogens is 3. The van der Waals surface area contributed by atoms with Crippen molar-refractivity contribution >= 4 is 17.1 Å². The average Bonchev–Trinajstić information content (AvgIpc) is 2.99. The van der Waals surface area contributed by atoms with E-state index in [0.29, 0.717) is 5.92 Å². The number of aryl methyl sites for hydroxylation is 1. The van der Waals surface area contributed by atoms with Crippen LogP contribution in [0, 0.1) is 12.8 Å². The Hall–Kier alpha value is -2.42. The lowest BCUT2D eigenvalue weighted by Gasteiger charge is -2.17. The number of allylic oxidation sites excluding steroid dienone is 1. The molecule has 3 heteroatoms. The van der Waals surface area contributed by atoms with E-state index in [1.807, 2.05) is 24.4 Å². The normalized spacial score (nSPS) is 16.2. The lowest BCUT2D eigenvalue weighted by molar-refractivity contribution is 0.420. The molecule has 2 heterocycles. The van der Waals surface area contributed by atoms with Crippen LogP contribution >= 0.6 is 0 Å². The number of hydrogen-bond acceptors (Lipinski definition) is 2. The zero-order chi connectivity index (χ0) is 16.4. The molecule has 4 rings (SSSR count). The van der Waals surface area contributed by atoms with Crippen molar-refractivity contribution in [2.75, 3.05) is 0 Å². The summed E-state index contributed by atoms with van der Waals surface area (Å²) in [5.41, 5.74) is 3.38. The third-order valence-electron chi connectivity index (χ3n) is 4.88. The fourth-order valence-corrected chi connectivity index (χ4v) is 3.60. The molecule has 2 aromatic heterocycles. The van der Waals surface area contributed by atoms with Gasteiger partial charge in [0.25, 0.3) is 0 Å². The predicted molar refractivity (Wildman–Crippen MR) is 99.2 cm³/mol. The molecular weight excluding hydrogens is 294 g/mol. The summed E-state index contributed by atoms with van der Waals surface area (Å²) >= 11 is 0. The maximum Gasteiger partial charge on any atom is 0.139 e. The van der Waals surface area contributed by atoms with E-state index in [1.54, 1.807) is 0 Å². The van der Waals surface area contributed by atoms with Gasteiger partial charge in [0.05, 0.1) is 11.0 Å². The Labute approximate surface area is 143 Å². The standard InChI is InChI=1S/C21H23N3/c1-16-10-12-19-18(15-16)23-21(13-11-17-7-3-2-4-8-17)24(19)20-9-5-6-14-22-20/h5-6,9-15,17H,2-4,7-8H2,1H3. The van der Waals surface area contributed by atoms with E-state index in [1.165, 1.54) is 37.7 Å².